The highest BCUT2D eigenvalue weighted by Crippen LogP contribution is 2.31. The molecule has 112 valence electrons. The third kappa shape index (κ3) is 2.71. The predicted octanol–water partition coefficient (Wildman–Crippen LogP) is 3.65. The molecule has 1 aromatic carbocycles. The number of nitro groups is 1. The summed E-state index contributed by atoms with van der Waals surface area (Å²) in [4.78, 5) is 15.2. The van der Waals surface area contributed by atoms with Crippen LogP contribution in [0.2, 0.25) is 0 Å². The summed E-state index contributed by atoms with van der Waals surface area (Å²) in [5.74, 6) is 0. The van der Waals surface area contributed by atoms with E-state index in [1.807, 2.05) is 31.2 Å². The number of aromatic nitrogens is 3. The molecule has 3 rings (SSSR count). The van der Waals surface area contributed by atoms with Gasteiger partial charge in [-0.25, -0.2) is 0 Å². The minimum absolute atomic E-state index is 0.0595. The van der Waals surface area contributed by atoms with E-state index in [0.29, 0.717) is 23.0 Å². The van der Waals surface area contributed by atoms with Crippen molar-refractivity contribution in [3.8, 4) is 0 Å². The fourth-order valence-corrected chi connectivity index (χ4v) is 3.04. The first-order valence-corrected chi connectivity index (χ1v) is 7.57. The molecule has 2 heterocycles. The van der Waals surface area contributed by atoms with Crippen LogP contribution in [0.25, 0.3) is 10.9 Å². The molecule has 0 atom stereocenters. The number of non-ortho nitro benzene ring substituents is 1. The lowest BCUT2D eigenvalue weighted by atomic mass is 10.2. The van der Waals surface area contributed by atoms with Crippen molar-refractivity contribution in [2.75, 3.05) is 0 Å². The molecule has 6 nitrogen and oxygen atoms in total. The van der Waals surface area contributed by atoms with Crippen molar-refractivity contribution in [2.24, 2.45) is 0 Å². The van der Waals surface area contributed by atoms with E-state index in [1.54, 1.807) is 10.7 Å². The van der Waals surface area contributed by atoms with Gasteiger partial charge in [0.1, 0.15) is 9.99 Å². The van der Waals surface area contributed by atoms with Crippen molar-refractivity contribution in [1.82, 2.24) is 14.8 Å². The van der Waals surface area contributed by atoms with Gasteiger partial charge in [0.25, 0.3) is 5.69 Å². The number of fused-ring (bicyclic) bond motifs is 1. The zero-order valence-electron chi connectivity index (χ0n) is 11.9. The maximum Gasteiger partial charge on any atom is 0.281 e. The van der Waals surface area contributed by atoms with Gasteiger partial charge in [-0.1, -0.05) is 12.1 Å². The lowest BCUT2D eigenvalue weighted by molar-refractivity contribution is -0.383. The molecule has 0 aliphatic heterocycles. The summed E-state index contributed by atoms with van der Waals surface area (Å²) in [5, 5.41) is 16.0. The number of benzene rings is 1. The lowest BCUT2D eigenvalue weighted by Crippen LogP contribution is -2.04. The van der Waals surface area contributed by atoms with Crippen LogP contribution in [0.15, 0.2) is 41.0 Å². The van der Waals surface area contributed by atoms with Gasteiger partial charge >= 0.3 is 0 Å². The van der Waals surface area contributed by atoms with Crippen molar-refractivity contribution in [3.05, 3.63) is 62.5 Å². The Bertz CT molecular complexity index is 860. The van der Waals surface area contributed by atoms with E-state index in [4.69, 9.17) is 0 Å². The summed E-state index contributed by atoms with van der Waals surface area (Å²) in [5.41, 5.74) is 2.75. The average molecular weight is 361 g/mol. The minimum Gasteiger partial charge on any atom is -0.263 e. The number of aryl methyl sites for hydroxylation is 3. The SMILES string of the molecule is Cc1cccc(CCn2nc(Br)c3c([N+](=O)[O-])cccc32)n1. The lowest BCUT2D eigenvalue weighted by Gasteiger charge is -2.04. The molecule has 0 saturated heterocycles. The normalized spacial score (nSPS) is 11.0. The Hall–Kier alpha value is -2.28. The zero-order valence-corrected chi connectivity index (χ0v) is 13.4. The van der Waals surface area contributed by atoms with E-state index < -0.39 is 0 Å². The summed E-state index contributed by atoms with van der Waals surface area (Å²) in [6.07, 6.45) is 0.716. The van der Waals surface area contributed by atoms with Gasteiger partial charge in [-0.05, 0) is 41.1 Å². The van der Waals surface area contributed by atoms with Crippen molar-refractivity contribution >= 4 is 32.5 Å². The van der Waals surface area contributed by atoms with Gasteiger partial charge in [0, 0.05) is 30.4 Å². The van der Waals surface area contributed by atoms with E-state index >= 15 is 0 Å². The van der Waals surface area contributed by atoms with Crippen LogP contribution in [-0.4, -0.2) is 19.7 Å². The molecule has 0 saturated carbocycles. The summed E-state index contributed by atoms with van der Waals surface area (Å²) in [6, 6.07) is 10.9. The molecular weight excluding hydrogens is 348 g/mol. The molecule has 2 aromatic heterocycles. The highest BCUT2D eigenvalue weighted by molar-refractivity contribution is 9.10. The molecule has 0 N–H and O–H groups in total. The maximum atomic E-state index is 11.1. The highest BCUT2D eigenvalue weighted by atomic mass is 79.9. The Kier molecular flexibility index (Phi) is 3.89. The molecule has 7 heteroatoms. The second-order valence-electron chi connectivity index (χ2n) is 4.96. The Morgan fingerprint density at radius 1 is 1.27 bits per heavy atom. The highest BCUT2D eigenvalue weighted by Gasteiger charge is 2.19. The van der Waals surface area contributed by atoms with E-state index in [-0.39, 0.29) is 10.6 Å². The van der Waals surface area contributed by atoms with Crippen LogP contribution >= 0.6 is 15.9 Å². The molecule has 0 fully saturated rings. The van der Waals surface area contributed by atoms with E-state index in [0.717, 1.165) is 16.9 Å². The van der Waals surface area contributed by atoms with Crippen molar-refractivity contribution in [1.29, 1.82) is 0 Å². The maximum absolute atomic E-state index is 11.1. The van der Waals surface area contributed by atoms with Crippen LogP contribution in [0.1, 0.15) is 11.4 Å². The Labute approximate surface area is 135 Å². The summed E-state index contributed by atoms with van der Waals surface area (Å²) in [6.45, 7) is 2.56. The zero-order chi connectivity index (χ0) is 15.7. The van der Waals surface area contributed by atoms with Gasteiger partial charge < -0.3 is 0 Å². The summed E-state index contributed by atoms with van der Waals surface area (Å²) < 4.78 is 2.27. The van der Waals surface area contributed by atoms with Gasteiger partial charge in [-0.15, -0.1) is 0 Å². The average Bonchev–Trinajstić information content (AvgIpc) is 2.82. The minimum atomic E-state index is -0.388. The molecule has 0 unspecified atom stereocenters. The van der Waals surface area contributed by atoms with Crippen LogP contribution in [0.3, 0.4) is 0 Å². The molecule has 22 heavy (non-hydrogen) atoms. The van der Waals surface area contributed by atoms with Gasteiger partial charge in [-0.3, -0.25) is 19.8 Å². The second kappa shape index (κ2) is 5.84. The third-order valence-electron chi connectivity index (χ3n) is 3.44. The third-order valence-corrected chi connectivity index (χ3v) is 3.99. The molecule has 0 spiro atoms. The quantitative estimate of drug-likeness (QED) is 0.525. The fraction of sp³-hybridized carbons (Fsp3) is 0.200. The predicted molar refractivity (Wildman–Crippen MR) is 86.8 cm³/mol. The molecule has 0 aliphatic carbocycles. The molecular formula is C15H13BrN4O2. The topological polar surface area (TPSA) is 73.8 Å². The molecule has 0 bridgehead atoms. The molecule has 0 amide bonds. The van der Waals surface area contributed by atoms with Crippen LogP contribution in [0, 0.1) is 17.0 Å². The van der Waals surface area contributed by atoms with Crippen LogP contribution < -0.4 is 0 Å². The van der Waals surface area contributed by atoms with Crippen LogP contribution in [-0.2, 0) is 13.0 Å². The second-order valence-corrected chi connectivity index (χ2v) is 5.71. The van der Waals surface area contributed by atoms with Crippen molar-refractivity contribution < 1.29 is 4.92 Å². The first kappa shape index (κ1) is 14.6. The number of pyridine rings is 1. The van der Waals surface area contributed by atoms with Crippen LogP contribution in [0.5, 0.6) is 0 Å². The number of hydrogen-bond acceptors (Lipinski definition) is 4. The summed E-state index contributed by atoms with van der Waals surface area (Å²) in [7, 11) is 0. The van der Waals surface area contributed by atoms with E-state index in [1.165, 1.54) is 6.07 Å². The van der Waals surface area contributed by atoms with E-state index in [9.17, 15) is 10.1 Å². The number of halogens is 1. The molecule has 3 aromatic rings. The monoisotopic (exact) mass is 360 g/mol. The van der Waals surface area contributed by atoms with E-state index in [2.05, 4.69) is 26.0 Å². The molecule has 0 radical (unpaired) electrons. The standard InChI is InChI=1S/C15H13BrN4O2/c1-10-4-2-5-11(17-10)8-9-19-12-6-3-7-13(20(21)22)14(12)15(16)18-19/h2-7H,8-9H2,1H3. The smallest absolute Gasteiger partial charge is 0.263 e. The number of rotatable bonds is 4. The van der Waals surface area contributed by atoms with Crippen molar-refractivity contribution in [3.63, 3.8) is 0 Å². The van der Waals surface area contributed by atoms with Gasteiger partial charge in [0.15, 0.2) is 0 Å². The number of nitro benzene ring substituents is 1. The Morgan fingerprint density at radius 3 is 2.77 bits per heavy atom. The van der Waals surface area contributed by atoms with Gasteiger partial charge in [0.2, 0.25) is 0 Å². The summed E-state index contributed by atoms with van der Waals surface area (Å²) >= 11 is 3.32. The molecule has 0 aliphatic rings. The first-order valence-electron chi connectivity index (χ1n) is 6.78. The number of hydrogen-bond donors (Lipinski definition) is 0. The Balaban J connectivity index is 1.95. The Morgan fingerprint density at radius 2 is 2.05 bits per heavy atom. The fourth-order valence-electron chi connectivity index (χ4n) is 2.45. The van der Waals surface area contributed by atoms with Gasteiger partial charge in [-0.2, -0.15) is 5.10 Å². The van der Waals surface area contributed by atoms with Crippen molar-refractivity contribution in [2.45, 2.75) is 19.9 Å². The van der Waals surface area contributed by atoms with Crippen LogP contribution in [0.4, 0.5) is 5.69 Å². The van der Waals surface area contributed by atoms with Gasteiger partial charge in [0.05, 0.1) is 10.4 Å². The first-order chi connectivity index (χ1) is 10.6. The number of nitrogens with zero attached hydrogens (tertiary/aromatic N) is 4. The largest absolute Gasteiger partial charge is 0.281 e.